The number of nitrogens with two attached hydrogens (primary N) is 1. The molecule has 1 aromatic carbocycles. The molecule has 21 heavy (non-hydrogen) atoms. The van der Waals surface area contributed by atoms with Crippen LogP contribution in [0.25, 0.3) is 0 Å². The molecule has 0 aromatic heterocycles. The van der Waals surface area contributed by atoms with Crippen molar-refractivity contribution < 1.29 is 22.8 Å². The van der Waals surface area contributed by atoms with Gasteiger partial charge in [-0.1, -0.05) is 0 Å². The van der Waals surface area contributed by atoms with Crippen LogP contribution >= 0.6 is 0 Å². The van der Waals surface area contributed by atoms with Crippen LogP contribution < -0.4 is 5.73 Å². The lowest BCUT2D eigenvalue weighted by Gasteiger charge is -2.34. The summed E-state index contributed by atoms with van der Waals surface area (Å²) < 4.78 is 40.3. The number of piperazine rings is 1. The van der Waals surface area contributed by atoms with Crippen molar-refractivity contribution in [2.24, 2.45) is 5.73 Å². The van der Waals surface area contributed by atoms with Gasteiger partial charge in [-0.3, -0.25) is 9.59 Å². The summed E-state index contributed by atoms with van der Waals surface area (Å²) in [5, 5.41) is 0. The summed E-state index contributed by atoms with van der Waals surface area (Å²) in [5.41, 5.74) is 4.32. The van der Waals surface area contributed by atoms with Crippen LogP contribution in [-0.4, -0.2) is 54.3 Å². The standard InChI is InChI=1S/C13H14F3N3O2/c14-8-1-2-9(15)12(16)11(8)13(21)19-5-3-18(4-6-19)10(20)7-17/h1-2H,3-7,17H2. The van der Waals surface area contributed by atoms with Crippen LogP contribution in [-0.2, 0) is 4.79 Å². The maximum atomic E-state index is 13.6. The zero-order chi connectivity index (χ0) is 15.6. The first kappa shape index (κ1) is 15.3. The van der Waals surface area contributed by atoms with E-state index in [0.29, 0.717) is 12.1 Å². The summed E-state index contributed by atoms with van der Waals surface area (Å²) in [4.78, 5) is 26.1. The number of hydrogen-bond donors (Lipinski definition) is 1. The van der Waals surface area contributed by atoms with Crippen molar-refractivity contribution >= 4 is 11.8 Å². The molecule has 0 bridgehead atoms. The predicted molar refractivity (Wildman–Crippen MR) is 67.9 cm³/mol. The maximum absolute atomic E-state index is 13.6. The van der Waals surface area contributed by atoms with E-state index in [0.717, 1.165) is 0 Å². The van der Waals surface area contributed by atoms with Gasteiger partial charge in [0.2, 0.25) is 5.91 Å². The average molecular weight is 301 g/mol. The molecule has 0 saturated carbocycles. The lowest BCUT2D eigenvalue weighted by atomic mass is 10.1. The van der Waals surface area contributed by atoms with Crippen LogP contribution in [0.1, 0.15) is 10.4 Å². The van der Waals surface area contributed by atoms with E-state index in [2.05, 4.69) is 0 Å². The second-order valence-corrected chi connectivity index (χ2v) is 4.60. The molecule has 2 amide bonds. The molecular weight excluding hydrogens is 287 g/mol. The minimum Gasteiger partial charge on any atom is -0.338 e. The Morgan fingerprint density at radius 3 is 2.10 bits per heavy atom. The van der Waals surface area contributed by atoms with E-state index in [1.54, 1.807) is 0 Å². The fraction of sp³-hybridized carbons (Fsp3) is 0.385. The topological polar surface area (TPSA) is 66.6 Å². The summed E-state index contributed by atoms with van der Waals surface area (Å²) in [6, 6.07) is 1.33. The highest BCUT2D eigenvalue weighted by Crippen LogP contribution is 2.18. The number of carbonyl (C=O) groups excluding carboxylic acids is 2. The number of rotatable bonds is 2. The van der Waals surface area contributed by atoms with Crippen LogP contribution in [0.5, 0.6) is 0 Å². The molecule has 2 rings (SSSR count). The Bertz CT molecular complexity index is 572. The molecule has 1 fully saturated rings. The first-order valence-electron chi connectivity index (χ1n) is 6.36. The van der Waals surface area contributed by atoms with Gasteiger partial charge in [0.15, 0.2) is 11.6 Å². The molecule has 8 heteroatoms. The smallest absolute Gasteiger partial charge is 0.260 e. The number of hydrogen-bond acceptors (Lipinski definition) is 3. The van der Waals surface area contributed by atoms with Crippen LogP contribution in [0.3, 0.4) is 0 Å². The average Bonchev–Trinajstić information content (AvgIpc) is 2.50. The molecule has 0 atom stereocenters. The Kier molecular flexibility index (Phi) is 4.46. The van der Waals surface area contributed by atoms with Gasteiger partial charge in [-0.25, -0.2) is 13.2 Å². The van der Waals surface area contributed by atoms with Crippen LogP contribution in [0.15, 0.2) is 12.1 Å². The quantitative estimate of drug-likeness (QED) is 0.802. The Hall–Kier alpha value is -2.09. The van der Waals surface area contributed by atoms with Gasteiger partial charge in [-0.15, -0.1) is 0 Å². The van der Waals surface area contributed by atoms with Gasteiger partial charge in [0.1, 0.15) is 11.4 Å². The molecule has 0 radical (unpaired) electrons. The van der Waals surface area contributed by atoms with Gasteiger partial charge < -0.3 is 15.5 Å². The lowest BCUT2D eigenvalue weighted by Crippen LogP contribution is -2.52. The van der Waals surface area contributed by atoms with Crippen LogP contribution in [0.4, 0.5) is 13.2 Å². The van der Waals surface area contributed by atoms with Crippen molar-refractivity contribution in [2.75, 3.05) is 32.7 Å². The summed E-state index contributed by atoms with van der Waals surface area (Å²) in [6.45, 7) is 0.529. The largest absolute Gasteiger partial charge is 0.338 e. The number of nitrogens with zero attached hydrogens (tertiary/aromatic N) is 2. The first-order valence-corrected chi connectivity index (χ1v) is 6.36. The van der Waals surface area contributed by atoms with Gasteiger partial charge >= 0.3 is 0 Å². The Balaban J connectivity index is 2.13. The Morgan fingerprint density at radius 1 is 1.00 bits per heavy atom. The predicted octanol–water partition coefficient (Wildman–Crippen LogP) is 0.347. The third-order valence-electron chi connectivity index (χ3n) is 3.35. The number of halogens is 3. The molecule has 2 N–H and O–H groups in total. The van der Waals surface area contributed by atoms with Crippen LogP contribution in [0.2, 0.25) is 0 Å². The van der Waals surface area contributed by atoms with Crippen molar-refractivity contribution in [3.05, 3.63) is 35.1 Å². The molecule has 0 aliphatic carbocycles. The molecule has 1 saturated heterocycles. The fourth-order valence-electron chi connectivity index (χ4n) is 2.17. The normalized spacial score (nSPS) is 15.2. The molecule has 1 aliphatic heterocycles. The van der Waals surface area contributed by atoms with Crippen molar-refractivity contribution in [3.8, 4) is 0 Å². The van der Waals surface area contributed by atoms with Crippen molar-refractivity contribution in [3.63, 3.8) is 0 Å². The third kappa shape index (κ3) is 2.99. The van der Waals surface area contributed by atoms with Crippen LogP contribution in [0, 0.1) is 17.5 Å². The van der Waals surface area contributed by atoms with E-state index >= 15 is 0 Å². The summed E-state index contributed by atoms with van der Waals surface area (Å²) in [5.74, 6) is -5.08. The van der Waals surface area contributed by atoms with E-state index in [4.69, 9.17) is 5.73 Å². The van der Waals surface area contributed by atoms with Crippen molar-refractivity contribution in [1.82, 2.24) is 9.80 Å². The van der Waals surface area contributed by atoms with Crippen molar-refractivity contribution in [1.29, 1.82) is 0 Å². The Morgan fingerprint density at radius 2 is 1.52 bits per heavy atom. The molecular formula is C13H14F3N3O2. The molecule has 1 aromatic rings. The summed E-state index contributed by atoms with van der Waals surface area (Å²) >= 11 is 0. The number of amides is 2. The summed E-state index contributed by atoms with van der Waals surface area (Å²) in [7, 11) is 0. The second kappa shape index (κ2) is 6.13. The fourth-order valence-corrected chi connectivity index (χ4v) is 2.17. The summed E-state index contributed by atoms with van der Waals surface area (Å²) in [6.07, 6.45) is 0. The molecule has 1 heterocycles. The maximum Gasteiger partial charge on any atom is 0.260 e. The highest BCUT2D eigenvalue weighted by atomic mass is 19.2. The molecule has 1 aliphatic rings. The molecule has 5 nitrogen and oxygen atoms in total. The van der Waals surface area contributed by atoms with Gasteiger partial charge in [0, 0.05) is 26.2 Å². The molecule has 0 spiro atoms. The SMILES string of the molecule is NCC(=O)N1CCN(C(=O)c2c(F)ccc(F)c2F)CC1. The van der Waals surface area contributed by atoms with E-state index in [1.807, 2.05) is 0 Å². The highest BCUT2D eigenvalue weighted by Gasteiger charge is 2.29. The highest BCUT2D eigenvalue weighted by molar-refractivity contribution is 5.95. The zero-order valence-corrected chi connectivity index (χ0v) is 11.1. The van der Waals surface area contributed by atoms with Gasteiger partial charge in [-0.2, -0.15) is 0 Å². The number of benzene rings is 1. The Labute approximate surface area is 119 Å². The molecule has 114 valence electrons. The zero-order valence-electron chi connectivity index (χ0n) is 11.1. The minimum atomic E-state index is -1.50. The van der Waals surface area contributed by atoms with Gasteiger partial charge in [-0.05, 0) is 12.1 Å². The van der Waals surface area contributed by atoms with E-state index < -0.39 is 28.9 Å². The van der Waals surface area contributed by atoms with Gasteiger partial charge in [0.05, 0.1) is 6.54 Å². The first-order chi connectivity index (χ1) is 9.95. The lowest BCUT2D eigenvalue weighted by molar-refractivity contribution is -0.131. The number of carbonyl (C=O) groups is 2. The second-order valence-electron chi connectivity index (χ2n) is 4.60. The minimum absolute atomic E-state index is 0.111. The monoisotopic (exact) mass is 301 g/mol. The van der Waals surface area contributed by atoms with Crippen molar-refractivity contribution in [2.45, 2.75) is 0 Å². The molecule has 0 unspecified atom stereocenters. The van der Waals surface area contributed by atoms with E-state index in [-0.39, 0.29) is 38.6 Å². The third-order valence-corrected chi connectivity index (χ3v) is 3.35. The van der Waals surface area contributed by atoms with Gasteiger partial charge in [0.25, 0.3) is 5.91 Å². The van der Waals surface area contributed by atoms with E-state index in [1.165, 1.54) is 9.80 Å². The van der Waals surface area contributed by atoms with E-state index in [9.17, 15) is 22.8 Å².